The van der Waals surface area contributed by atoms with Crippen LogP contribution in [-0.2, 0) is 4.79 Å². The lowest BCUT2D eigenvalue weighted by Crippen LogP contribution is -2.17. The summed E-state index contributed by atoms with van der Waals surface area (Å²) < 4.78 is 16.7. The highest BCUT2D eigenvalue weighted by molar-refractivity contribution is 7.99. The van der Waals surface area contributed by atoms with E-state index in [0.29, 0.717) is 28.1 Å². The Morgan fingerprint density at radius 3 is 2.93 bits per heavy atom. The fraction of sp³-hybridized carbons (Fsp3) is 0.176. The summed E-state index contributed by atoms with van der Waals surface area (Å²) in [4.78, 5) is 12.3. The third-order valence-corrected chi connectivity index (χ3v) is 4.52. The number of benzene rings is 1. The lowest BCUT2D eigenvalue weighted by molar-refractivity contribution is -0.113. The summed E-state index contributed by atoms with van der Waals surface area (Å²) in [6.07, 6.45) is 3.00. The number of carbonyl (C=O) groups is 1. The Balaban J connectivity index is 1.56. The van der Waals surface area contributed by atoms with Crippen LogP contribution in [0.5, 0.6) is 11.5 Å². The van der Waals surface area contributed by atoms with Gasteiger partial charge in [0.1, 0.15) is 17.3 Å². The van der Waals surface area contributed by atoms with Gasteiger partial charge in [-0.25, -0.2) is 10.1 Å². The molecule has 0 atom stereocenters. The number of thioether (sulfide) groups is 1. The zero-order chi connectivity index (χ0) is 20.6. The molecular formula is C17H19N7O4S. The second-order valence-electron chi connectivity index (χ2n) is 5.46. The minimum atomic E-state index is -0.269. The van der Waals surface area contributed by atoms with E-state index in [1.165, 1.54) is 24.3 Å². The fourth-order valence-electron chi connectivity index (χ4n) is 2.20. The first-order valence-electron chi connectivity index (χ1n) is 8.28. The third kappa shape index (κ3) is 5.19. The molecule has 1 amide bonds. The van der Waals surface area contributed by atoms with Crippen molar-refractivity contribution in [1.29, 1.82) is 0 Å². The standard InChI is InChI=1S/C17H19N7O4S/c1-26-11-5-6-14(27-2)13(8-11)20-15(25)10-29-17-23-22-16(24(17)18)21-19-9-12-4-3-7-28-12/h3-9H,10,18H2,1-2H3,(H,20,25)(H,21,22)/b19-9+. The van der Waals surface area contributed by atoms with Crippen LogP contribution in [0, 0.1) is 0 Å². The van der Waals surface area contributed by atoms with Crippen molar-refractivity contribution in [3.05, 3.63) is 42.4 Å². The van der Waals surface area contributed by atoms with Gasteiger partial charge in [-0.1, -0.05) is 11.8 Å². The van der Waals surface area contributed by atoms with Gasteiger partial charge in [-0.3, -0.25) is 4.79 Å². The van der Waals surface area contributed by atoms with Crippen molar-refractivity contribution in [3.63, 3.8) is 0 Å². The molecule has 2 heterocycles. The number of ether oxygens (including phenoxy) is 2. The van der Waals surface area contributed by atoms with E-state index < -0.39 is 0 Å². The highest BCUT2D eigenvalue weighted by Gasteiger charge is 2.14. The van der Waals surface area contributed by atoms with Gasteiger partial charge in [0.2, 0.25) is 11.1 Å². The van der Waals surface area contributed by atoms with Crippen LogP contribution in [-0.4, -0.2) is 47.0 Å². The first-order chi connectivity index (χ1) is 14.1. The second-order valence-corrected chi connectivity index (χ2v) is 6.41. The Labute approximate surface area is 170 Å². The predicted molar refractivity (Wildman–Crippen MR) is 109 cm³/mol. The normalized spacial score (nSPS) is 10.8. The summed E-state index contributed by atoms with van der Waals surface area (Å²) in [7, 11) is 3.06. The van der Waals surface area contributed by atoms with Gasteiger partial charge in [0.15, 0.2) is 0 Å². The summed E-state index contributed by atoms with van der Waals surface area (Å²) >= 11 is 1.12. The van der Waals surface area contributed by atoms with Gasteiger partial charge in [-0.15, -0.1) is 10.2 Å². The van der Waals surface area contributed by atoms with E-state index in [1.54, 1.807) is 37.4 Å². The van der Waals surface area contributed by atoms with Crippen LogP contribution < -0.4 is 26.1 Å². The molecule has 3 rings (SSSR count). The number of nitrogen functional groups attached to an aromatic ring is 1. The van der Waals surface area contributed by atoms with E-state index in [2.05, 4.69) is 26.0 Å². The quantitative estimate of drug-likeness (QED) is 0.205. The molecule has 0 bridgehead atoms. The number of carbonyl (C=O) groups excluding carboxylic acids is 1. The van der Waals surface area contributed by atoms with Crippen LogP contribution in [0.15, 0.2) is 51.3 Å². The molecule has 0 aliphatic heterocycles. The largest absolute Gasteiger partial charge is 0.497 e. The highest BCUT2D eigenvalue weighted by atomic mass is 32.2. The van der Waals surface area contributed by atoms with Gasteiger partial charge in [-0.05, 0) is 24.3 Å². The number of nitrogens with zero attached hydrogens (tertiary/aromatic N) is 4. The second kappa shape index (κ2) is 9.50. The zero-order valence-corrected chi connectivity index (χ0v) is 16.5. The lowest BCUT2D eigenvalue weighted by Gasteiger charge is -2.11. The van der Waals surface area contributed by atoms with Crippen molar-refractivity contribution in [2.24, 2.45) is 5.10 Å². The number of hydrazone groups is 1. The number of aromatic nitrogens is 3. The molecule has 12 heteroatoms. The first-order valence-corrected chi connectivity index (χ1v) is 9.27. The van der Waals surface area contributed by atoms with Crippen molar-refractivity contribution in [3.8, 4) is 11.5 Å². The van der Waals surface area contributed by atoms with Crippen LogP contribution in [0.2, 0.25) is 0 Å². The Kier molecular flexibility index (Phi) is 6.58. The summed E-state index contributed by atoms with van der Waals surface area (Å²) in [5.41, 5.74) is 3.16. The number of nitrogens with two attached hydrogens (primary N) is 1. The summed E-state index contributed by atoms with van der Waals surface area (Å²) in [6, 6.07) is 8.61. The van der Waals surface area contributed by atoms with Crippen molar-refractivity contribution in [2.75, 3.05) is 36.6 Å². The average molecular weight is 417 g/mol. The zero-order valence-electron chi connectivity index (χ0n) is 15.7. The lowest BCUT2D eigenvalue weighted by atomic mass is 10.2. The van der Waals surface area contributed by atoms with E-state index in [0.717, 1.165) is 11.8 Å². The molecule has 0 fully saturated rings. The number of nitrogens with one attached hydrogen (secondary N) is 2. The number of anilines is 2. The van der Waals surface area contributed by atoms with E-state index in [4.69, 9.17) is 19.7 Å². The predicted octanol–water partition coefficient (Wildman–Crippen LogP) is 1.78. The molecule has 1 aromatic carbocycles. The van der Waals surface area contributed by atoms with E-state index in [1.807, 2.05) is 0 Å². The molecule has 4 N–H and O–H groups in total. The van der Waals surface area contributed by atoms with Gasteiger partial charge in [0.05, 0.1) is 38.1 Å². The maximum absolute atomic E-state index is 12.3. The van der Waals surface area contributed by atoms with E-state index in [-0.39, 0.29) is 17.6 Å². The molecule has 0 saturated carbocycles. The smallest absolute Gasteiger partial charge is 0.264 e. The number of amides is 1. The topological polar surface area (TPSA) is 142 Å². The van der Waals surface area contributed by atoms with Crippen LogP contribution in [0.1, 0.15) is 5.76 Å². The Bertz CT molecular complexity index is 988. The molecule has 0 aliphatic rings. The first kappa shape index (κ1) is 20.1. The molecule has 2 aromatic heterocycles. The molecule has 11 nitrogen and oxygen atoms in total. The Morgan fingerprint density at radius 2 is 2.21 bits per heavy atom. The summed E-state index contributed by atoms with van der Waals surface area (Å²) in [5.74, 6) is 7.62. The van der Waals surface area contributed by atoms with Crippen LogP contribution in [0.3, 0.4) is 0 Å². The van der Waals surface area contributed by atoms with Crippen molar-refractivity contribution >= 4 is 35.5 Å². The van der Waals surface area contributed by atoms with Gasteiger partial charge in [-0.2, -0.15) is 5.10 Å². The molecule has 0 spiro atoms. The molecule has 29 heavy (non-hydrogen) atoms. The third-order valence-electron chi connectivity index (χ3n) is 3.58. The number of furan rings is 1. The van der Waals surface area contributed by atoms with Crippen LogP contribution in [0.4, 0.5) is 11.6 Å². The van der Waals surface area contributed by atoms with Gasteiger partial charge >= 0.3 is 0 Å². The molecular weight excluding hydrogens is 398 g/mol. The van der Waals surface area contributed by atoms with Crippen LogP contribution in [0.25, 0.3) is 0 Å². The van der Waals surface area contributed by atoms with Crippen molar-refractivity contribution in [1.82, 2.24) is 14.9 Å². The number of methoxy groups -OCH3 is 2. The van der Waals surface area contributed by atoms with Crippen molar-refractivity contribution < 1.29 is 18.7 Å². The minimum absolute atomic E-state index is 0.0609. The molecule has 0 saturated heterocycles. The van der Waals surface area contributed by atoms with E-state index in [9.17, 15) is 4.79 Å². The maximum Gasteiger partial charge on any atom is 0.264 e. The SMILES string of the molecule is COc1ccc(OC)c(NC(=O)CSc2nnc(N/N=C/c3ccco3)n2N)c1. The molecule has 3 aromatic rings. The van der Waals surface area contributed by atoms with Crippen LogP contribution >= 0.6 is 11.8 Å². The van der Waals surface area contributed by atoms with Crippen molar-refractivity contribution in [2.45, 2.75) is 5.16 Å². The summed E-state index contributed by atoms with van der Waals surface area (Å²) in [5, 5.41) is 14.9. The minimum Gasteiger partial charge on any atom is -0.497 e. The Hall–Kier alpha value is -3.67. The molecule has 152 valence electrons. The fourth-order valence-corrected chi connectivity index (χ4v) is 2.85. The van der Waals surface area contributed by atoms with E-state index >= 15 is 0 Å². The number of hydrogen-bond acceptors (Lipinski definition) is 10. The summed E-state index contributed by atoms with van der Waals surface area (Å²) in [6.45, 7) is 0. The van der Waals surface area contributed by atoms with Gasteiger partial charge < -0.3 is 25.1 Å². The highest BCUT2D eigenvalue weighted by Crippen LogP contribution is 2.29. The molecule has 0 aliphatic carbocycles. The van der Waals surface area contributed by atoms with Gasteiger partial charge in [0.25, 0.3) is 5.95 Å². The monoisotopic (exact) mass is 417 g/mol. The van der Waals surface area contributed by atoms with Gasteiger partial charge in [0, 0.05) is 6.07 Å². The average Bonchev–Trinajstić information content (AvgIpc) is 3.37. The maximum atomic E-state index is 12.3. The Morgan fingerprint density at radius 1 is 1.34 bits per heavy atom. The number of rotatable bonds is 9. The molecule has 0 radical (unpaired) electrons. The number of hydrogen-bond donors (Lipinski definition) is 3. The molecule has 0 unspecified atom stereocenters.